The molecule has 37 heavy (non-hydrogen) atoms. The highest BCUT2D eigenvalue weighted by Gasteiger charge is 2.33. The molecular weight excluding hydrogens is 476 g/mol. The molecule has 3 fully saturated rings. The Morgan fingerprint density at radius 1 is 1.05 bits per heavy atom. The van der Waals surface area contributed by atoms with Gasteiger partial charge in [-0.15, -0.1) is 0 Å². The molecule has 0 bridgehead atoms. The SMILES string of the molecule is CN(c1nc2nc([C@H]3CCO[C@H](c4cnn(C5CC5)c4)C3)nc(-c3ccc(F)cc3F)c2n1C)C1CC1. The molecule has 10 heteroatoms. The van der Waals surface area contributed by atoms with Crippen LogP contribution in [0.2, 0.25) is 0 Å². The minimum Gasteiger partial charge on any atom is -0.373 e. The zero-order valence-corrected chi connectivity index (χ0v) is 20.9. The molecule has 1 aromatic carbocycles. The van der Waals surface area contributed by atoms with Crippen molar-refractivity contribution in [1.82, 2.24) is 29.3 Å². The number of fused-ring (bicyclic) bond motifs is 1. The lowest BCUT2D eigenvalue weighted by molar-refractivity contribution is 0.00396. The van der Waals surface area contributed by atoms with E-state index in [1.165, 1.54) is 25.0 Å². The first-order valence-electron chi connectivity index (χ1n) is 13.0. The van der Waals surface area contributed by atoms with Crippen LogP contribution in [0.5, 0.6) is 0 Å². The maximum absolute atomic E-state index is 15.1. The molecule has 0 N–H and O–H groups in total. The largest absolute Gasteiger partial charge is 0.373 e. The van der Waals surface area contributed by atoms with Crippen LogP contribution in [0.4, 0.5) is 14.7 Å². The summed E-state index contributed by atoms with van der Waals surface area (Å²) < 4.78 is 38.9. The fourth-order valence-corrected chi connectivity index (χ4v) is 5.43. The second-order valence-corrected chi connectivity index (χ2v) is 10.6. The third kappa shape index (κ3) is 4.07. The van der Waals surface area contributed by atoms with Gasteiger partial charge in [0.1, 0.15) is 28.7 Å². The van der Waals surface area contributed by atoms with Crippen LogP contribution in [0.3, 0.4) is 0 Å². The quantitative estimate of drug-likeness (QED) is 0.364. The van der Waals surface area contributed by atoms with Gasteiger partial charge in [0, 0.05) is 56.1 Å². The Kier molecular flexibility index (Phi) is 5.28. The van der Waals surface area contributed by atoms with Gasteiger partial charge in [-0.3, -0.25) is 4.68 Å². The van der Waals surface area contributed by atoms with Gasteiger partial charge in [-0.2, -0.15) is 10.1 Å². The Morgan fingerprint density at radius 3 is 2.65 bits per heavy atom. The number of hydrogen-bond donors (Lipinski definition) is 0. The van der Waals surface area contributed by atoms with Gasteiger partial charge in [0.25, 0.3) is 0 Å². The number of benzene rings is 1. The number of hydrogen-bond acceptors (Lipinski definition) is 6. The van der Waals surface area contributed by atoms with Crippen LogP contribution in [-0.4, -0.2) is 49.0 Å². The van der Waals surface area contributed by atoms with Crippen molar-refractivity contribution in [2.24, 2.45) is 7.05 Å². The van der Waals surface area contributed by atoms with Gasteiger partial charge >= 0.3 is 0 Å². The summed E-state index contributed by atoms with van der Waals surface area (Å²) in [5.41, 5.74) is 2.92. The number of aryl methyl sites for hydroxylation is 1. The molecule has 0 unspecified atom stereocenters. The summed E-state index contributed by atoms with van der Waals surface area (Å²) in [4.78, 5) is 16.8. The normalized spacial score (nSPS) is 22.1. The van der Waals surface area contributed by atoms with E-state index in [0.29, 0.717) is 47.8 Å². The fraction of sp³-hybridized carbons (Fsp3) is 0.481. The third-order valence-corrected chi connectivity index (χ3v) is 7.88. The van der Waals surface area contributed by atoms with Gasteiger partial charge < -0.3 is 14.2 Å². The van der Waals surface area contributed by atoms with Gasteiger partial charge in [0.05, 0.1) is 18.3 Å². The van der Waals surface area contributed by atoms with Crippen LogP contribution in [0.25, 0.3) is 22.4 Å². The lowest BCUT2D eigenvalue weighted by Crippen LogP contribution is -2.22. The Hall–Kier alpha value is -3.40. The second kappa shape index (κ2) is 8.58. The summed E-state index contributed by atoms with van der Waals surface area (Å²) in [5.74, 6) is 0.130. The minimum atomic E-state index is -0.651. The summed E-state index contributed by atoms with van der Waals surface area (Å²) >= 11 is 0. The first-order chi connectivity index (χ1) is 18.0. The third-order valence-electron chi connectivity index (χ3n) is 7.88. The summed E-state index contributed by atoms with van der Waals surface area (Å²) in [5, 5.41) is 4.53. The molecule has 2 aliphatic carbocycles. The van der Waals surface area contributed by atoms with E-state index in [9.17, 15) is 4.39 Å². The van der Waals surface area contributed by atoms with E-state index < -0.39 is 11.6 Å². The minimum absolute atomic E-state index is 0.0151. The molecule has 1 saturated heterocycles. The van der Waals surface area contributed by atoms with Crippen molar-refractivity contribution in [2.75, 3.05) is 18.6 Å². The number of ether oxygens (including phenoxy) is 1. The Balaban J connectivity index is 1.30. The van der Waals surface area contributed by atoms with Crippen molar-refractivity contribution in [2.45, 2.75) is 62.6 Å². The number of anilines is 1. The van der Waals surface area contributed by atoms with E-state index in [4.69, 9.17) is 19.7 Å². The highest BCUT2D eigenvalue weighted by Crippen LogP contribution is 2.41. The number of nitrogens with zero attached hydrogens (tertiary/aromatic N) is 7. The first-order valence-corrected chi connectivity index (χ1v) is 13.0. The van der Waals surface area contributed by atoms with E-state index in [1.807, 2.05) is 29.5 Å². The van der Waals surface area contributed by atoms with Gasteiger partial charge in [-0.05, 0) is 50.7 Å². The molecule has 2 saturated carbocycles. The van der Waals surface area contributed by atoms with Gasteiger partial charge in [-0.25, -0.2) is 18.7 Å². The van der Waals surface area contributed by atoms with Gasteiger partial charge in [0.2, 0.25) is 5.95 Å². The van der Waals surface area contributed by atoms with Crippen molar-refractivity contribution in [1.29, 1.82) is 0 Å². The molecule has 8 nitrogen and oxygen atoms in total. The predicted octanol–water partition coefficient (Wildman–Crippen LogP) is 5.07. The zero-order valence-electron chi connectivity index (χ0n) is 20.9. The number of imidazole rings is 1. The highest BCUT2D eigenvalue weighted by molar-refractivity contribution is 5.89. The van der Waals surface area contributed by atoms with Crippen LogP contribution in [0, 0.1) is 11.6 Å². The fourth-order valence-electron chi connectivity index (χ4n) is 5.43. The van der Waals surface area contributed by atoms with Crippen LogP contribution < -0.4 is 4.90 Å². The molecule has 4 heterocycles. The average molecular weight is 506 g/mol. The standard InChI is InChI=1S/C27H29F2N7O/c1-34(18-4-5-18)27-33-26-24(35(27)2)23(20-8-3-17(28)12-21(20)29)31-25(32-26)15-9-10-37-22(11-15)16-13-30-36(14-16)19-6-7-19/h3,8,12-15,18-19,22H,4-7,9-11H2,1-2H3/t15-,22-/m0/s1. The molecular formula is C27H29F2N7O. The predicted molar refractivity (Wildman–Crippen MR) is 134 cm³/mol. The number of halogens is 2. The molecule has 192 valence electrons. The molecule has 4 aromatic rings. The Morgan fingerprint density at radius 2 is 1.89 bits per heavy atom. The first kappa shape index (κ1) is 22.8. The van der Waals surface area contributed by atoms with Crippen LogP contribution in [0.1, 0.15) is 68.0 Å². The highest BCUT2D eigenvalue weighted by atomic mass is 19.1. The summed E-state index contributed by atoms with van der Waals surface area (Å²) in [6.45, 7) is 0.573. The maximum Gasteiger partial charge on any atom is 0.207 e. The van der Waals surface area contributed by atoms with Crippen molar-refractivity contribution >= 4 is 17.1 Å². The topological polar surface area (TPSA) is 73.9 Å². The lowest BCUT2D eigenvalue weighted by atomic mass is 9.92. The van der Waals surface area contributed by atoms with Crippen LogP contribution in [-0.2, 0) is 11.8 Å². The summed E-state index contributed by atoms with van der Waals surface area (Å²) in [6.07, 6.45) is 9.94. The molecule has 3 aromatic heterocycles. The molecule has 0 radical (unpaired) electrons. The van der Waals surface area contributed by atoms with Crippen LogP contribution >= 0.6 is 0 Å². The molecule has 1 aliphatic heterocycles. The zero-order chi connectivity index (χ0) is 25.3. The Bertz CT molecular complexity index is 1490. The molecule has 0 amide bonds. The molecule has 3 aliphatic rings. The van der Waals surface area contributed by atoms with E-state index >= 15 is 4.39 Å². The smallest absolute Gasteiger partial charge is 0.207 e. The Labute approximate surface area is 213 Å². The lowest BCUT2D eigenvalue weighted by Gasteiger charge is -2.28. The van der Waals surface area contributed by atoms with Gasteiger partial charge in [-0.1, -0.05) is 0 Å². The average Bonchev–Trinajstić information content (AvgIpc) is 3.84. The molecule has 7 rings (SSSR count). The van der Waals surface area contributed by atoms with Crippen molar-refractivity contribution in [3.05, 3.63) is 53.6 Å². The van der Waals surface area contributed by atoms with Crippen molar-refractivity contribution in [3.63, 3.8) is 0 Å². The maximum atomic E-state index is 15.1. The van der Waals surface area contributed by atoms with E-state index in [-0.39, 0.29) is 17.6 Å². The molecule has 2 atom stereocenters. The summed E-state index contributed by atoms with van der Waals surface area (Å²) in [6, 6.07) is 4.58. The van der Waals surface area contributed by atoms with E-state index in [2.05, 4.69) is 16.2 Å². The summed E-state index contributed by atoms with van der Waals surface area (Å²) in [7, 11) is 3.93. The van der Waals surface area contributed by atoms with Crippen molar-refractivity contribution < 1.29 is 13.5 Å². The molecule has 0 spiro atoms. The monoisotopic (exact) mass is 505 g/mol. The van der Waals surface area contributed by atoms with E-state index in [0.717, 1.165) is 36.8 Å². The van der Waals surface area contributed by atoms with Crippen molar-refractivity contribution in [3.8, 4) is 11.3 Å². The van der Waals surface area contributed by atoms with Crippen LogP contribution in [0.15, 0.2) is 30.6 Å². The van der Waals surface area contributed by atoms with Gasteiger partial charge in [0.15, 0.2) is 5.65 Å². The number of rotatable bonds is 6. The van der Waals surface area contributed by atoms with E-state index in [1.54, 1.807) is 0 Å². The number of aromatic nitrogens is 6. The second-order valence-electron chi connectivity index (χ2n) is 10.6.